The van der Waals surface area contributed by atoms with E-state index in [0.717, 1.165) is 25.9 Å². The smallest absolute Gasteiger partial charge is 0.512 e. The first-order chi connectivity index (χ1) is 11.9. The molecule has 1 aliphatic rings. The molecule has 1 radical (unpaired) electrons. The van der Waals surface area contributed by atoms with Crippen LogP contribution in [0.25, 0.3) is 0 Å². The van der Waals surface area contributed by atoms with Crippen molar-refractivity contribution in [1.82, 2.24) is 9.80 Å². The topological polar surface area (TPSA) is 177 Å². The molecule has 0 saturated carbocycles. The Morgan fingerprint density at radius 1 is 0.560 bits per heavy atom. The molecule has 25 heavy (non-hydrogen) atoms. The average Bonchev–Trinajstić information content (AvgIpc) is 2.73. The molecule has 4 N–H and O–H groups in total. The Morgan fingerprint density at radius 3 is 0.920 bits per heavy atom. The molecule has 0 aromatic rings. The maximum atomic E-state index is 6.25. The van der Waals surface area contributed by atoms with E-state index in [1.165, 1.54) is 39.3 Å². The standard InChI is InChI=1S/C10H24N4.5CN.Fe/c11-3-1-5-13-7-9-14(10-8-13)6-2-4-12;5*1-2;/h1-12H2;;;;;;/q;5*-1;+5. The van der Waals surface area contributed by atoms with Crippen molar-refractivity contribution >= 4 is 0 Å². The molecule has 9 nitrogen and oxygen atoms in total. The van der Waals surface area contributed by atoms with Crippen molar-refractivity contribution in [1.29, 1.82) is 26.3 Å². The van der Waals surface area contributed by atoms with Gasteiger partial charge in [0.2, 0.25) is 0 Å². The molecule has 0 unspecified atom stereocenters. The molecule has 10 heteroatoms. The Hall–Kier alpha value is -2.19. The predicted molar refractivity (Wildman–Crippen MR) is 85.1 cm³/mol. The summed E-state index contributed by atoms with van der Waals surface area (Å²) in [6, 6.07) is 0. The molecule has 1 saturated heterocycles. The number of hydrogen-bond acceptors (Lipinski definition) is 9. The van der Waals surface area contributed by atoms with Gasteiger partial charge in [0.05, 0.1) is 0 Å². The molecule has 0 aromatic carbocycles. The molecule has 0 atom stereocenters. The van der Waals surface area contributed by atoms with E-state index < -0.39 is 0 Å². The molecular weight excluding hydrogens is 362 g/mol. The van der Waals surface area contributed by atoms with Crippen LogP contribution < -0.4 is 11.5 Å². The van der Waals surface area contributed by atoms with Crippen LogP contribution in [0.2, 0.25) is 0 Å². The second-order valence-corrected chi connectivity index (χ2v) is 3.97. The van der Waals surface area contributed by atoms with Crippen molar-refractivity contribution < 1.29 is 17.1 Å². The van der Waals surface area contributed by atoms with Crippen LogP contribution in [-0.2, 0) is 17.1 Å². The zero-order chi connectivity index (χ0) is 20.2. The third-order valence-electron chi connectivity index (χ3n) is 2.82. The molecule has 0 aromatic heterocycles. The summed E-state index contributed by atoms with van der Waals surface area (Å²) < 4.78 is 0. The van der Waals surface area contributed by atoms with Gasteiger partial charge in [-0.3, -0.25) is 0 Å². The quantitative estimate of drug-likeness (QED) is 0.461. The Bertz CT molecular complexity index is 254. The van der Waals surface area contributed by atoms with E-state index in [9.17, 15) is 0 Å². The number of rotatable bonds is 6. The van der Waals surface area contributed by atoms with Gasteiger partial charge >= 0.3 is 17.1 Å². The first-order valence-corrected chi connectivity index (χ1v) is 6.83. The number of hydrogen-bond donors (Lipinski definition) is 2. The third kappa shape index (κ3) is 34.2. The molecule has 1 fully saturated rings. The van der Waals surface area contributed by atoms with E-state index in [2.05, 4.69) is 9.80 Å². The molecule has 1 aliphatic heterocycles. The Balaban J connectivity index is -0.0000000708. The van der Waals surface area contributed by atoms with E-state index >= 15 is 0 Å². The van der Waals surface area contributed by atoms with Gasteiger partial charge in [-0.05, 0) is 39.0 Å². The molecule has 137 valence electrons. The van der Waals surface area contributed by atoms with Gasteiger partial charge < -0.3 is 80.4 Å². The van der Waals surface area contributed by atoms with Crippen LogP contribution in [0.1, 0.15) is 12.8 Å². The van der Waals surface area contributed by atoms with E-state index in [1.807, 2.05) is 0 Å². The largest absolute Gasteiger partial charge is 5.00 e. The van der Waals surface area contributed by atoms with Crippen molar-refractivity contribution in [3.8, 4) is 0 Å². The van der Waals surface area contributed by atoms with Crippen molar-refractivity contribution in [3.05, 3.63) is 32.9 Å². The van der Waals surface area contributed by atoms with E-state index in [4.69, 9.17) is 70.6 Å². The van der Waals surface area contributed by atoms with Crippen LogP contribution in [-0.4, -0.2) is 62.2 Å². The van der Waals surface area contributed by atoms with Crippen molar-refractivity contribution in [2.45, 2.75) is 12.8 Å². The van der Waals surface area contributed by atoms with Crippen LogP contribution >= 0.6 is 0 Å². The van der Waals surface area contributed by atoms with Gasteiger partial charge in [0.1, 0.15) is 0 Å². The SMILES string of the molecule is NCCCN1CCN(CCCN)CC1.[C-]#N.[C-]#N.[C-]#N.[C-]#N.[C-]#N.[Fe+5]. The first kappa shape index (κ1) is 38.4. The maximum absolute atomic E-state index is 6.25. The van der Waals surface area contributed by atoms with Gasteiger partial charge in [-0.25, -0.2) is 0 Å². The average molecular weight is 386 g/mol. The molecular formula is C15H24FeN9. The van der Waals surface area contributed by atoms with Gasteiger partial charge in [0, 0.05) is 26.2 Å². The molecule has 0 amide bonds. The Kier molecular flexibility index (Phi) is 76.1. The van der Waals surface area contributed by atoms with E-state index in [1.54, 1.807) is 0 Å². The summed E-state index contributed by atoms with van der Waals surface area (Å²) in [4.78, 5) is 5.01. The summed E-state index contributed by atoms with van der Waals surface area (Å²) in [5.74, 6) is 0. The molecule has 0 spiro atoms. The third-order valence-corrected chi connectivity index (χ3v) is 2.82. The monoisotopic (exact) mass is 386 g/mol. The molecule has 0 aliphatic carbocycles. The van der Waals surface area contributed by atoms with E-state index in [-0.39, 0.29) is 17.1 Å². The Labute approximate surface area is 163 Å². The summed E-state index contributed by atoms with van der Waals surface area (Å²) in [5.41, 5.74) is 11.0. The van der Waals surface area contributed by atoms with Gasteiger partial charge in [-0.1, -0.05) is 0 Å². The second-order valence-electron chi connectivity index (χ2n) is 3.97. The Morgan fingerprint density at radius 2 is 0.760 bits per heavy atom. The summed E-state index contributed by atoms with van der Waals surface area (Å²) in [6.45, 7) is 32.5. The number of nitrogens with two attached hydrogens (primary N) is 2. The molecule has 1 heterocycles. The van der Waals surface area contributed by atoms with Gasteiger partial charge in [-0.2, -0.15) is 0 Å². The normalized spacial score (nSPS) is 11.7. The molecule has 0 bridgehead atoms. The fourth-order valence-corrected chi connectivity index (χ4v) is 1.87. The zero-order valence-corrected chi connectivity index (χ0v) is 15.3. The van der Waals surface area contributed by atoms with Crippen LogP contribution in [0.15, 0.2) is 0 Å². The van der Waals surface area contributed by atoms with Gasteiger partial charge in [-0.15, -0.1) is 0 Å². The fraction of sp³-hybridized carbons (Fsp3) is 0.667. The summed E-state index contributed by atoms with van der Waals surface area (Å²) in [6.07, 6.45) is 2.26. The summed E-state index contributed by atoms with van der Waals surface area (Å²) in [5, 5.41) is 31.2. The number of nitrogens with zero attached hydrogens (tertiary/aromatic N) is 7. The fourth-order valence-electron chi connectivity index (χ4n) is 1.87. The minimum atomic E-state index is 0. The van der Waals surface area contributed by atoms with Crippen LogP contribution in [0.4, 0.5) is 0 Å². The van der Waals surface area contributed by atoms with Crippen LogP contribution in [0.5, 0.6) is 0 Å². The minimum absolute atomic E-state index is 0. The predicted octanol–water partition coefficient (Wildman–Crippen LogP) is -0.219. The van der Waals surface area contributed by atoms with Crippen molar-refractivity contribution in [2.75, 3.05) is 52.4 Å². The van der Waals surface area contributed by atoms with Crippen LogP contribution in [0.3, 0.4) is 0 Å². The van der Waals surface area contributed by atoms with Crippen LogP contribution in [0, 0.1) is 59.2 Å². The summed E-state index contributed by atoms with van der Waals surface area (Å²) in [7, 11) is 0. The van der Waals surface area contributed by atoms with Gasteiger partial charge in [0.15, 0.2) is 0 Å². The van der Waals surface area contributed by atoms with Gasteiger partial charge in [0.25, 0.3) is 0 Å². The van der Waals surface area contributed by atoms with Crippen molar-refractivity contribution in [2.24, 2.45) is 11.5 Å². The number of piperazine rings is 1. The summed E-state index contributed by atoms with van der Waals surface area (Å²) >= 11 is 0. The molecule has 1 rings (SSSR count). The second kappa shape index (κ2) is 49.5. The zero-order valence-electron chi connectivity index (χ0n) is 14.2. The maximum Gasteiger partial charge on any atom is 5.00 e. The minimum Gasteiger partial charge on any atom is -0.512 e. The van der Waals surface area contributed by atoms with E-state index in [0.29, 0.717) is 0 Å². The first-order valence-electron chi connectivity index (χ1n) is 6.83. The van der Waals surface area contributed by atoms with Crippen molar-refractivity contribution in [3.63, 3.8) is 0 Å².